The van der Waals surface area contributed by atoms with Gasteiger partial charge in [-0.1, -0.05) is 37.3 Å². The highest BCUT2D eigenvalue weighted by Gasteiger charge is 2.12. The van der Waals surface area contributed by atoms with Crippen molar-refractivity contribution in [3.05, 3.63) is 71.9 Å². The van der Waals surface area contributed by atoms with Crippen LogP contribution in [0.3, 0.4) is 0 Å². The molecule has 1 saturated heterocycles. The predicted octanol–water partition coefficient (Wildman–Crippen LogP) is 3.23. The van der Waals surface area contributed by atoms with Gasteiger partial charge < -0.3 is 15.7 Å². The Kier molecular flexibility index (Phi) is 8.84. The number of aromatic nitrogens is 2. The maximum atomic E-state index is 9.42. The monoisotopic (exact) mass is 460 g/mol. The van der Waals surface area contributed by atoms with Crippen LogP contribution in [0.5, 0.6) is 5.75 Å². The summed E-state index contributed by atoms with van der Waals surface area (Å²) in [6.07, 6.45) is 2.65. The molecule has 0 spiro atoms. The zero-order valence-electron chi connectivity index (χ0n) is 20.1. The van der Waals surface area contributed by atoms with Gasteiger partial charge in [-0.05, 0) is 48.4 Å². The first-order valence-corrected chi connectivity index (χ1v) is 12.3. The second-order valence-electron chi connectivity index (χ2n) is 8.77. The smallest absolute Gasteiger partial charge is 0.223 e. The number of nitrogens with zero attached hydrogens (tertiary/aromatic N) is 4. The van der Waals surface area contributed by atoms with Crippen LogP contribution in [0.2, 0.25) is 0 Å². The first-order valence-electron chi connectivity index (χ1n) is 12.3. The van der Waals surface area contributed by atoms with Gasteiger partial charge in [0.25, 0.3) is 0 Å². The number of aromatic hydroxyl groups is 1. The SMILES string of the molecule is CCN(CCN1CCNCC1)Cc1cccc(-c2ccnc(NCCc3ccc(O)cc3)n2)c1. The standard InChI is InChI=1S/C27H36N6O/c1-2-32(18-19-33-16-14-28-15-17-33)21-23-4-3-5-24(20-23)26-11-13-30-27(31-26)29-12-10-22-6-8-25(34)9-7-22/h3-9,11,13,20,28,34H,2,10,12,14-19,21H2,1H3,(H,29,30,31). The van der Waals surface area contributed by atoms with Crippen LogP contribution in [0.1, 0.15) is 18.1 Å². The molecule has 0 aliphatic carbocycles. The number of likely N-dealkylation sites (N-methyl/N-ethyl adjacent to an activating group) is 1. The number of phenols is 1. The maximum Gasteiger partial charge on any atom is 0.223 e. The zero-order chi connectivity index (χ0) is 23.6. The normalized spacial score (nSPS) is 14.4. The van der Waals surface area contributed by atoms with E-state index in [2.05, 4.69) is 56.6 Å². The Morgan fingerprint density at radius 3 is 2.68 bits per heavy atom. The van der Waals surface area contributed by atoms with Crippen LogP contribution in [0.15, 0.2) is 60.8 Å². The zero-order valence-corrected chi connectivity index (χ0v) is 20.1. The van der Waals surface area contributed by atoms with Gasteiger partial charge >= 0.3 is 0 Å². The molecule has 0 radical (unpaired) electrons. The molecule has 0 saturated carbocycles. The molecule has 1 aromatic heterocycles. The molecule has 2 aromatic carbocycles. The molecule has 3 N–H and O–H groups in total. The Bertz CT molecular complexity index is 1020. The first kappa shape index (κ1) is 24.1. The lowest BCUT2D eigenvalue weighted by atomic mass is 10.1. The number of benzene rings is 2. The quantitative estimate of drug-likeness (QED) is 0.406. The minimum absolute atomic E-state index is 0.289. The summed E-state index contributed by atoms with van der Waals surface area (Å²) in [6.45, 7) is 11.6. The average molecular weight is 461 g/mol. The van der Waals surface area contributed by atoms with Gasteiger partial charge in [-0.25, -0.2) is 9.97 Å². The van der Waals surface area contributed by atoms with Crippen molar-refractivity contribution in [1.82, 2.24) is 25.1 Å². The van der Waals surface area contributed by atoms with Gasteiger partial charge in [-0.3, -0.25) is 9.80 Å². The lowest BCUT2D eigenvalue weighted by Crippen LogP contribution is -2.46. The molecule has 7 nitrogen and oxygen atoms in total. The molecule has 0 bridgehead atoms. The third kappa shape index (κ3) is 7.25. The number of rotatable bonds is 11. The summed E-state index contributed by atoms with van der Waals surface area (Å²) in [5, 5.41) is 16.2. The lowest BCUT2D eigenvalue weighted by Gasteiger charge is -2.30. The van der Waals surface area contributed by atoms with Gasteiger partial charge in [0.1, 0.15) is 5.75 Å². The van der Waals surface area contributed by atoms with E-state index in [1.165, 1.54) is 5.56 Å². The van der Waals surface area contributed by atoms with Crippen LogP contribution in [0.4, 0.5) is 5.95 Å². The largest absolute Gasteiger partial charge is 0.508 e. The Labute approximate surface area is 202 Å². The van der Waals surface area contributed by atoms with Gasteiger partial charge in [0.15, 0.2) is 0 Å². The van der Waals surface area contributed by atoms with Gasteiger partial charge in [0.2, 0.25) is 5.95 Å². The van der Waals surface area contributed by atoms with E-state index in [1.54, 1.807) is 12.1 Å². The fraction of sp³-hybridized carbons (Fsp3) is 0.407. The first-order chi connectivity index (χ1) is 16.7. The second-order valence-corrected chi connectivity index (χ2v) is 8.77. The number of anilines is 1. The number of hydrogen-bond acceptors (Lipinski definition) is 7. The number of phenolic OH excluding ortho intramolecular Hbond substituents is 1. The molecular formula is C27H36N6O. The molecule has 180 valence electrons. The highest BCUT2D eigenvalue weighted by molar-refractivity contribution is 5.60. The van der Waals surface area contributed by atoms with Crippen molar-refractivity contribution < 1.29 is 5.11 Å². The summed E-state index contributed by atoms with van der Waals surface area (Å²) >= 11 is 0. The highest BCUT2D eigenvalue weighted by atomic mass is 16.3. The van der Waals surface area contributed by atoms with Crippen molar-refractivity contribution in [2.75, 3.05) is 57.7 Å². The van der Waals surface area contributed by atoms with E-state index in [9.17, 15) is 5.11 Å². The topological polar surface area (TPSA) is 76.5 Å². The van der Waals surface area contributed by atoms with Gasteiger partial charge in [-0.2, -0.15) is 0 Å². The minimum atomic E-state index is 0.289. The third-order valence-corrected chi connectivity index (χ3v) is 6.31. The van der Waals surface area contributed by atoms with E-state index in [0.29, 0.717) is 5.95 Å². The lowest BCUT2D eigenvalue weighted by molar-refractivity contribution is 0.189. The van der Waals surface area contributed by atoms with E-state index in [-0.39, 0.29) is 5.75 Å². The summed E-state index contributed by atoms with van der Waals surface area (Å²) in [7, 11) is 0. The van der Waals surface area contributed by atoms with Crippen LogP contribution in [-0.2, 0) is 13.0 Å². The molecule has 2 heterocycles. The molecule has 0 unspecified atom stereocenters. The van der Waals surface area contributed by atoms with Crippen LogP contribution in [0.25, 0.3) is 11.3 Å². The van der Waals surface area contributed by atoms with Gasteiger partial charge in [0.05, 0.1) is 5.69 Å². The van der Waals surface area contributed by atoms with Crippen LogP contribution in [-0.4, -0.2) is 77.2 Å². The Morgan fingerprint density at radius 2 is 1.88 bits per heavy atom. The Hall–Kier alpha value is -3.00. The molecule has 1 fully saturated rings. The Morgan fingerprint density at radius 1 is 1.06 bits per heavy atom. The molecule has 0 amide bonds. The minimum Gasteiger partial charge on any atom is -0.508 e. The van der Waals surface area contributed by atoms with Crippen molar-refractivity contribution in [3.8, 4) is 17.0 Å². The molecular weight excluding hydrogens is 424 g/mol. The summed E-state index contributed by atoms with van der Waals surface area (Å²) in [4.78, 5) is 14.2. The maximum absolute atomic E-state index is 9.42. The van der Waals surface area contributed by atoms with Crippen LogP contribution in [0, 0.1) is 0 Å². The van der Waals surface area contributed by atoms with E-state index in [4.69, 9.17) is 4.98 Å². The van der Waals surface area contributed by atoms with Crippen molar-refractivity contribution in [2.24, 2.45) is 0 Å². The molecule has 3 aromatic rings. The van der Waals surface area contributed by atoms with Crippen molar-refractivity contribution in [2.45, 2.75) is 19.9 Å². The van der Waals surface area contributed by atoms with E-state index >= 15 is 0 Å². The van der Waals surface area contributed by atoms with Crippen molar-refractivity contribution >= 4 is 5.95 Å². The molecule has 7 heteroatoms. The molecule has 1 aliphatic heterocycles. The van der Waals surface area contributed by atoms with Crippen LogP contribution >= 0.6 is 0 Å². The third-order valence-electron chi connectivity index (χ3n) is 6.31. The van der Waals surface area contributed by atoms with Crippen molar-refractivity contribution in [1.29, 1.82) is 0 Å². The molecule has 1 aliphatic rings. The summed E-state index contributed by atoms with van der Waals surface area (Å²) < 4.78 is 0. The second kappa shape index (κ2) is 12.5. The highest BCUT2D eigenvalue weighted by Crippen LogP contribution is 2.20. The summed E-state index contributed by atoms with van der Waals surface area (Å²) in [6, 6.07) is 17.9. The summed E-state index contributed by atoms with van der Waals surface area (Å²) in [5.41, 5.74) is 4.50. The fourth-order valence-electron chi connectivity index (χ4n) is 4.24. The number of nitrogens with one attached hydrogen (secondary N) is 2. The van der Waals surface area contributed by atoms with Gasteiger partial charge in [-0.15, -0.1) is 0 Å². The Balaban J connectivity index is 1.33. The fourth-order valence-corrected chi connectivity index (χ4v) is 4.24. The van der Waals surface area contributed by atoms with E-state index in [0.717, 1.165) is 82.1 Å². The van der Waals surface area contributed by atoms with Gasteiger partial charge in [0, 0.05) is 64.1 Å². The van der Waals surface area contributed by atoms with Crippen molar-refractivity contribution in [3.63, 3.8) is 0 Å². The molecule has 34 heavy (non-hydrogen) atoms. The number of hydrogen-bond donors (Lipinski definition) is 3. The predicted molar refractivity (Wildman–Crippen MR) is 138 cm³/mol. The summed E-state index contributed by atoms with van der Waals surface area (Å²) in [5.74, 6) is 0.921. The number of piperazine rings is 1. The van der Waals surface area contributed by atoms with Crippen LogP contribution < -0.4 is 10.6 Å². The average Bonchev–Trinajstić information content (AvgIpc) is 2.89. The van der Waals surface area contributed by atoms with E-state index in [1.807, 2.05) is 24.4 Å². The molecule has 4 rings (SSSR count). The molecule has 0 atom stereocenters. The van der Waals surface area contributed by atoms with E-state index < -0.39 is 0 Å².